The van der Waals surface area contributed by atoms with Gasteiger partial charge in [0.2, 0.25) is 0 Å². The first-order valence-corrected chi connectivity index (χ1v) is 6.83. The zero-order valence-corrected chi connectivity index (χ0v) is 11.8. The molecule has 1 fully saturated rings. The molecule has 1 unspecified atom stereocenters. The van der Waals surface area contributed by atoms with E-state index in [0.29, 0.717) is 24.1 Å². The van der Waals surface area contributed by atoms with Crippen LogP contribution in [0.2, 0.25) is 0 Å². The van der Waals surface area contributed by atoms with E-state index in [0.717, 1.165) is 18.5 Å². The van der Waals surface area contributed by atoms with Gasteiger partial charge >= 0.3 is 0 Å². The van der Waals surface area contributed by atoms with Crippen LogP contribution in [0.3, 0.4) is 0 Å². The van der Waals surface area contributed by atoms with Crippen molar-refractivity contribution in [1.82, 2.24) is 35.1 Å². The highest BCUT2D eigenvalue weighted by Crippen LogP contribution is 2.27. The summed E-state index contributed by atoms with van der Waals surface area (Å²) >= 11 is 0. The van der Waals surface area contributed by atoms with Crippen molar-refractivity contribution >= 4 is 0 Å². The number of nitrogens with zero attached hydrogens (tertiary/aromatic N) is 7. The minimum Gasteiger partial charge on any atom is -0.385 e. The Morgan fingerprint density at radius 3 is 2.86 bits per heavy atom. The minimum atomic E-state index is -0.697. The molecule has 110 valence electrons. The van der Waals surface area contributed by atoms with E-state index in [1.807, 2.05) is 0 Å². The second-order valence-electron chi connectivity index (χ2n) is 5.18. The second-order valence-corrected chi connectivity index (χ2v) is 5.18. The normalized spacial score (nSPS) is 20.0. The van der Waals surface area contributed by atoms with Crippen LogP contribution in [0, 0.1) is 0 Å². The first kappa shape index (κ1) is 13.6. The Morgan fingerprint density at radius 2 is 2.29 bits per heavy atom. The van der Waals surface area contributed by atoms with Crippen molar-refractivity contribution in [3.05, 3.63) is 36.7 Å². The van der Waals surface area contributed by atoms with Gasteiger partial charge in [-0.25, -0.2) is 4.98 Å². The van der Waals surface area contributed by atoms with Gasteiger partial charge < -0.3 is 10.0 Å². The number of hydrogen-bond donors (Lipinski definition) is 1. The van der Waals surface area contributed by atoms with Crippen LogP contribution >= 0.6 is 0 Å². The highest BCUT2D eigenvalue weighted by molar-refractivity contribution is 5.17. The number of tetrazole rings is 1. The summed E-state index contributed by atoms with van der Waals surface area (Å²) in [6, 6.07) is 0.403. The predicted octanol–water partition coefficient (Wildman–Crippen LogP) is 0.484. The lowest BCUT2D eigenvalue weighted by atomic mass is 10.2. The molecule has 0 bridgehead atoms. The molecule has 1 saturated heterocycles. The van der Waals surface area contributed by atoms with Crippen molar-refractivity contribution < 1.29 is 5.11 Å². The van der Waals surface area contributed by atoms with Crippen LogP contribution in [0.15, 0.2) is 31.0 Å². The largest absolute Gasteiger partial charge is 0.385 e. The lowest BCUT2D eigenvalue weighted by molar-refractivity contribution is 0.119. The SMILES string of the molecule is C=C1CCC(C)N1C[C@@H](O)c1cnc(-n2cnnn2)cn1. The van der Waals surface area contributed by atoms with Gasteiger partial charge in [0.15, 0.2) is 5.82 Å². The molecular weight excluding hydrogens is 270 g/mol. The van der Waals surface area contributed by atoms with Gasteiger partial charge in [-0.3, -0.25) is 4.98 Å². The number of allylic oxidation sites excluding steroid dienone is 1. The van der Waals surface area contributed by atoms with E-state index in [1.54, 1.807) is 6.20 Å². The standard InChI is InChI=1S/C13H17N7O/c1-9-3-4-10(2)19(9)7-12(21)11-5-15-13(6-14-11)20-8-16-17-18-20/h5-6,8,10,12,21H,1,3-4,7H2,2H3/t10?,12-/m1/s1. The molecule has 0 aliphatic carbocycles. The van der Waals surface area contributed by atoms with Crippen LogP contribution in [0.25, 0.3) is 5.82 Å². The van der Waals surface area contributed by atoms with Gasteiger partial charge in [0.1, 0.15) is 12.4 Å². The van der Waals surface area contributed by atoms with Crippen LogP contribution in [0.4, 0.5) is 0 Å². The van der Waals surface area contributed by atoms with Gasteiger partial charge in [-0.1, -0.05) is 6.58 Å². The predicted molar refractivity (Wildman–Crippen MR) is 74.2 cm³/mol. The maximum absolute atomic E-state index is 10.3. The lowest BCUT2D eigenvalue weighted by Crippen LogP contribution is -2.30. The summed E-state index contributed by atoms with van der Waals surface area (Å²) in [5.74, 6) is 0.509. The topological polar surface area (TPSA) is 92.8 Å². The van der Waals surface area contributed by atoms with E-state index in [-0.39, 0.29) is 0 Å². The molecule has 3 heterocycles. The molecule has 2 aromatic rings. The number of rotatable bonds is 4. The zero-order valence-electron chi connectivity index (χ0n) is 11.8. The van der Waals surface area contributed by atoms with E-state index < -0.39 is 6.10 Å². The number of likely N-dealkylation sites (tertiary alicyclic amines) is 1. The molecule has 2 aromatic heterocycles. The Morgan fingerprint density at radius 1 is 1.43 bits per heavy atom. The average molecular weight is 287 g/mol. The van der Waals surface area contributed by atoms with E-state index in [9.17, 15) is 5.11 Å². The fraction of sp³-hybridized carbons (Fsp3) is 0.462. The molecule has 0 radical (unpaired) electrons. The average Bonchev–Trinajstić information content (AvgIpc) is 3.13. The van der Waals surface area contributed by atoms with Gasteiger partial charge in [-0.05, 0) is 30.2 Å². The molecule has 0 aromatic carbocycles. The molecule has 0 amide bonds. The van der Waals surface area contributed by atoms with Crippen LogP contribution in [-0.4, -0.2) is 52.8 Å². The lowest BCUT2D eigenvalue weighted by Gasteiger charge is -2.27. The molecule has 3 rings (SSSR count). The summed E-state index contributed by atoms with van der Waals surface area (Å²) < 4.78 is 1.41. The monoisotopic (exact) mass is 287 g/mol. The number of β-amino-alcohol motifs (C(OH)–C–C–N with tert-alkyl or cyclic N) is 1. The van der Waals surface area contributed by atoms with Crippen molar-refractivity contribution in [3.63, 3.8) is 0 Å². The Balaban J connectivity index is 1.70. The van der Waals surface area contributed by atoms with Gasteiger partial charge in [0, 0.05) is 18.3 Å². The maximum atomic E-state index is 10.3. The maximum Gasteiger partial charge on any atom is 0.175 e. The Kier molecular flexibility index (Phi) is 3.61. The quantitative estimate of drug-likeness (QED) is 0.874. The Hall–Kier alpha value is -2.35. The van der Waals surface area contributed by atoms with E-state index in [4.69, 9.17) is 0 Å². The summed E-state index contributed by atoms with van der Waals surface area (Å²) in [7, 11) is 0. The molecule has 0 saturated carbocycles. The first-order chi connectivity index (χ1) is 10.1. The molecule has 2 atom stereocenters. The molecular formula is C13H17N7O. The van der Waals surface area contributed by atoms with Gasteiger partial charge in [0.25, 0.3) is 0 Å². The molecule has 0 spiro atoms. The van der Waals surface area contributed by atoms with Crippen LogP contribution in [-0.2, 0) is 0 Å². The second kappa shape index (κ2) is 5.57. The minimum absolute atomic E-state index is 0.403. The zero-order chi connectivity index (χ0) is 14.8. The Bertz CT molecular complexity index is 610. The fourth-order valence-corrected chi connectivity index (χ4v) is 2.46. The van der Waals surface area contributed by atoms with E-state index in [2.05, 4.69) is 43.9 Å². The highest BCUT2D eigenvalue weighted by Gasteiger charge is 2.25. The smallest absolute Gasteiger partial charge is 0.175 e. The number of aromatic nitrogens is 6. The van der Waals surface area contributed by atoms with Gasteiger partial charge in [-0.15, -0.1) is 5.10 Å². The summed E-state index contributed by atoms with van der Waals surface area (Å²) in [6.07, 6.45) is 5.89. The Labute approximate surface area is 122 Å². The van der Waals surface area contributed by atoms with Crippen molar-refractivity contribution in [2.24, 2.45) is 0 Å². The molecule has 1 aliphatic heterocycles. The fourth-order valence-electron chi connectivity index (χ4n) is 2.46. The third kappa shape index (κ3) is 2.75. The molecule has 8 nitrogen and oxygen atoms in total. The van der Waals surface area contributed by atoms with Crippen LogP contribution in [0.5, 0.6) is 0 Å². The number of aliphatic hydroxyl groups is 1. The summed E-state index contributed by atoms with van der Waals surface area (Å²) in [5, 5.41) is 21.1. The first-order valence-electron chi connectivity index (χ1n) is 6.83. The molecule has 1 N–H and O–H groups in total. The molecule has 21 heavy (non-hydrogen) atoms. The van der Waals surface area contributed by atoms with Crippen LogP contribution in [0.1, 0.15) is 31.6 Å². The van der Waals surface area contributed by atoms with Crippen LogP contribution < -0.4 is 0 Å². The highest BCUT2D eigenvalue weighted by atomic mass is 16.3. The van der Waals surface area contributed by atoms with Crippen molar-refractivity contribution in [1.29, 1.82) is 0 Å². The van der Waals surface area contributed by atoms with E-state index in [1.165, 1.54) is 17.2 Å². The summed E-state index contributed by atoms with van der Waals surface area (Å²) in [5.41, 5.74) is 1.60. The van der Waals surface area contributed by atoms with Crippen molar-refractivity contribution in [2.75, 3.05) is 6.54 Å². The van der Waals surface area contributed by atoms with Gasteiger partial charge in [0.05, 0.1) is 18.1 Å². The van der Waals surface area contributed by atoms with Crippen molar-refractivity contribution in [3.8, 4) is 5.82 Å². The van der Waals surface area contributed by atoms with Gasteiger partial charge in [-0.2, -0.15) is 4.68 Å². The summed E-state index contributed by atoms with van der Waals surface area (Å²) in [4.78, 5) is 10.6. The molecule has 8 heteroatoms. The summed E-state index contributed by atoms with van der Waals surface area (Å²) in [6.45, 7) is 6.66. The van der Waals surface area contributed by atoms with E-state index >= 15 is 0 Å². The van der Waals surface area contributed by atoms with Crippen molar-refractivity contribution in [2.45, 2.75) is 31.9 Å². The third-order valence-electron chi connectivity index (χ3n) is 3.74. The number of hydrogen-bond acceptors (Lipinski definition) is 7. The number of aliphatic hydroxyl groups excluding tert-OH is 1. The molecule has 1 aliphatic rings. The third-order valence-corrected chi connectivity index (χ3v) is 3.74.